The number of rotatable bonds is 4. The normalized spacial score (nSPS) is 29.7. The zero-order valence-corrected chi connectivity index (χ0v) is 13.2. The topological polar surface area (TPSA) is 60.8 Å². The molecule has 0 spiro atoms. The molecule has 0 aromatic heterocycles. The van der Waals surface area contributed by atoms with Gasteiger partial charge in [0.1, 0.15) is 5.82 Å². The molecule has 2 unspecified atom stereocenters. The van der Waals surface area contributed by atoms with Crippen molar-refractivity contribution in [2.45, 2.75) is 44.1 Å². The van der Waals surface area contributed by atoms with Gasteiger partial charge in [-0.15, -0.1) is 0 Å². The van der Waals surface area contributed by atoms with Crippen molar-refractivity contribution in [3.63, 3.8) is 0 Å². The molecule has 1 saturated heterocycles. The Morgan fingerprint density at radius 2 is 1.87 bits per heavy atom. The molecule has 126 valence electrons. The molecular formula is C18H24FNO3. The third-order valence-corrected chi connectivity index (χ3v) is 5.73. The van der Waals surface area contributed by atoms with E-state index in [0.717, 1.165) is 32.4 Å². The third-order valence-electron chi connectivity index (χ3n) is 5.73. The van der Waals surface area contributed by atoms with Gasteiger partial charge >= 0.3 is 5.97 Å². The lowest BCUT2D eigenvalue weighted by Gasteiger charge is -2.36. The van der Waals surface area contributed by atoms with Gasteiger partial charge in [0.2, 0.25) is 0 Å². The maximum absolute atomic E-state index is 13.0. The van der Waals surface area contributed by atoms with Crippen LogP contribution in [0.3, 0.4) is 0 Å². The monoisotopic (exact) mass is 321 g/mol. The Morgan fingerprint density at radius 3 is 2.39 bits per heavy atom. The Balaban J connectivity index is 1.57. The summed E-state index contributed by atoms with van der Waals surface area (Å²) in [6, 6.07) is 7.02. The largest absolute Gasteiger partial charge is 0.481 e. The predicted molar refractivity (Wildman–Crippen MR) is 84.7 cm³/mol. The first-order chi connectivity index (χ1) is 11.0. The number of aliphatic carboxylic acids is 1. The molecule has 1 heterocycles. The van der Waals surface area contributed by atoms with Crippen LogP contribution in [0.2, 0.25) is 0 Å². The summed E-state index contributed by atoms with van der Waals surface area (Å²) in [6.45, 7) is 1.60. The summed E-state index contributed by atoms with van der Waals surface area (Å²) in [4.78, 5) is 13.8. The average molecular weight is 321 g/mol. The number of aliphatic hydroxyl groups is 1. The zero-order valence-electron chi connectivity index (χ0n) is 13.2. The highest BCUT2D eigenvalue weighted by molar-refractivity contribution is 5.75. The van der Waals surface area contributed by atoms with Gasteiger partial charge in [-0.3, -0.25) is 4.79 Å². The highest BCUT2D eigenvalue weighted by atomic mass is 19.1. The van der Waals surface area contributed by atoms with Crippen LogP contribution in [0.4, 0.5) is 4.39 Å². The maximum Gasteiger partial charge on any atom is 0.312 e. The Morgan fingerprint density at radius 1 is 1.22 bits per heavy atom. The zero-order chi connectivity index (χ0) is 16.4. The minimum atomic E-state index is -0.946. The van der Waals surface area contributed by atoms with Gasteiger partial charge in [0.05, 0.1) is 12.0 Å². The smallest absolute Gasteiger partial charge is 0.312 e. The molecule has 0 bridgehead atoms. The minimum Gasteiger partial charge on any atom is -0.481 e. The summed E-state index contributed by atoms with van der Waals surface area (Å²) in [5.74, 6) is -0.620. The fourth-order valence-corrected chi connectivity index (χ4v) is 4.15. The van der Waals surface area contributed by atoms with Crippen molar-refractivity contribution in [2.24, 2.45) is 5.41 Å². The first-order valence-electron chi connectivity index (χ1n) is 8.38. The number of carboxylic acids is 1. The predicted octanol–water partition coefficient (Wildman–Crippen LogP) is 2.62. The minimum absolute atomic E-state index is 0.203. The van der Waals surface area contributed by atoms with Crippen LogP contribution in [0.5, 0.6) is 0 Å². The molecule has 3 rings (SSSR count). The van der Waals surface area contributed by atoms with E-state index in [1.54, 1.807) is 0 Å². The van der Waals surface area contributed by atoms with Gasteiger partial charge in [-0.1, -0.05) is 12.1 Å². The first kappa shape index (κ1) is 16.4. The van der Waals surface area contributed by atoms with Crippen LogP contribution < -0.4 is 0 Å². The average Bonchev–Trinajstić information content (AvgIpc) is 3.02. The van der Waals surface area contributed by atoms with Crippen LogP contribution in [-0.4, -0.2) is 46.8 Å². The van der Waals surface area contributed by atoms with Gasteiger partial charge < -0.3 is 15.1 Å². The van der Waals surface area contributed by atoms with Crippen molar-refractivity contribution in [1.29, 1.82) is 0 Å². The van der Waals surface area contributed by atoms with E-state index in [-0.39, 0.29) is 18.5 Å². The molecule has 23 heavy (non-hydrogen) atoms. The summed E-state index contributed by atoms with van der Waals surface area (Å²) in [7, 11) is 0. The molecule has 1 aromatic carbocycles. The van der Waals surface area contributed by atoms with E-state index in [9.17, 15) is 19.4 Å². The molecule has 2 atom stereocenters. The van der Waals surface area contributed by atoms with Crippen molar-refractivity contribution >= 4 is 5.97 Å². The lowest BCUT2D eigenvalue weighted by Crippen LogP contribution is -2.41. The maximum atomic E-state index is 13.0. The molecular weight excluding hydrogens is 297 g/mol. The van der Waals surface area contributed by atoms with Gasteiger partial charge in [-0.25, -0.2) is 4.39 Å². The number of nitrogens with zero attached hydrogens (tertiary/aromatic N) is 1. The van der Waals surface area contributed by atoms with E-state index in [4.69, 9.17) is 0 Å². The van der Waals surface area contributed by atoms with Crippen molar-refractivity contribution in [1.82, 2.24) is 4.90 Å². The van der Waals surface area contributed by atoms with Crippen LogP contribution in [0.15, 0.2) is 24.3 Å². The highest BCUT2D eigenvalue weighted by Crippen LogP contribution is 2.42. The molecule has 4 nitrogen and oxygen atoms in total. The van der Waals surface area contributed by atoms with E-state index in [0.29, 0.717) is 18.8 Å². The Hall–Kier alpha value is -1.46. The molecule has 2 aliphatic rings. The highest BCUT2D eigenvalue weighted by Gasteiger charge is 2.47. The summed E-state index contributed by atoms with van der Waals surface area (Å²) < 4.78 is 13.0. The Labute approximate surface area is 135 Å². The summed E-state index contributed by atoms with van der Waals surface area (Å²) in [6.07, 6.45) is 3.97. The van der Waals surface area contributed by atoms with Crippen LogP contribution in [0.1, 0.15) is 43.6 Å². The number of halogens is 1. The van der Waals surface area contributed by atoms with E-state index in [2.05, 4.69) is 4.90 Å². The van der Waals surface area contributed by atoms with E-state index < -0.39 is 11.4 Å². The second-order valence-electron chi connectivity index (χ2n) is 7.00. The van der Waals surface area contributed by atoms with Crippen LogP contribution in [0, 0.1) is 11.2 Å². The fraction of sp³-hybridized carbons (Fsp3) is 0.611. The van der Waals surface area contributed by atoms with E-state index in [1.807, 2.05) is 12.1 Å². The number of carboxylic acid groups (broad SMARTS) is 1. The fourth-order valence-electron chi connectivity index (χ4n) is 4.15. The molecule has 5 heteroatoms. The number of hydrogen-bond donors (Lipinski definition) is 2. The first-order valence-corrected chi connectivity index (χ1v) is 8.38. The van der Waals surface area contributed by atoms with Crippen molar-refractivity contribution in [2.75, 3.05) is 19.7 Å². The van der Waals surface area contributed by atoms with Gasteiger partial charge in [0.25, 0.3) is 0 Å². The summed E-state index contributed by atoms with van der Waals surface area (Å²) in [5.41, 5.74) is 0.242. The van der Waals surface area contributed by atoms with Crippen LogP contribution in [0.25, 0.3) is 0 Å². The standard InChI is InChI=1S/C18H24FNO3/c19-15-3-1-13(2-4-15)14-6-9-20(10-7-14)16-5-8-18(11-16,12-21)17(22)23/h1-4,14,16,21H,5-12H2,(H,22,23). The van der Waals surface area contributed by atoms with Crippen molar-refractivity contribution in [3.05, 3.63) is 35.6 Å². The molecule has 0 radical (unpaired) electrons. The number of piperidine rings is 1. The molecule has 2 fully saturated rings. The lowest BCUT2D eigenvalue weighted by molar-refractivity contribution is -0.151. The van der Waals surface area contributed by atoms with Gasteiger partial charge in [-0.05, 0) is 68.8 Å². The summed E-state index contributed by atoms with van der Waals surface area (Å²) >= 11 is 0. The van der Waals surface area contributed by atoms with Crippen LogP contribution in [-0.2, 0) is 4.79 Å². The van der Waals surface area contributed by atoms with Crippen molar-refractivity contribution < 1.29 is 19.4 Å². The number of carbonyl (C=O) groups is 1. The molecule has 1 aliphatic heterocycles. The van der Waals surface area contributed by atoms with Crippen LogP contribution >= 0.6 is 0 Å². The number of aliphatic hydroxyl groups excluding tert-OH is 1. The molecule has 2 N–H and O–H groups in total. The Kier molecular flexibility index (Phi) is 4.69. The van der Waals surface area contributed by atoms with E-state index >= 15 is 0 Å². The van der Waals surface area contributed by atoms with Gasteiger partial charge in [0.15, 0.2) is 0 Å². The second kappa shape index (κ2) is 6.57. The second-order valence-corrected chi connectivity index (χ2v) is 7.00. The molecule has 1 saturated carbocycles. The number of benzene rings is 1. The molecule has 0 amide bonds. The summed E-state index contributed by atoms with van der Waals surface area (Å²) in [5, 5.41) is 18.9. The Bertz CT molecular complexity index is 554. The molecule has 1 aromatic rings. The molecule has 1 aliphatic carbocycles. The van der Waals surface area contributed by atoms with Gasteiger partial charge in [0, 0.05) is 6.04 Å². The third kappa shape index (κ3) is 3.26. The van der Waals surface area contributed by atoms with E-state index in [1.165, 1.54) is 17.7 Å². The quantitative estimate of drug-likeness (QED) is 0.895. The number of hydrogen-bond acceptors (Lipinski definition) is 3. The van der Waals surface area contributed by atoms with Crippen molar-refractivity contribution in [3.8, 4) is 0 Å². The lowest BCUT2D eigenvalue weighted by atomic mass is 9.86. The number of likely N-dealkylation sites (tertiary alicyclic amines) is 1. The SMILES string of the molecule is O=C(O)C1(CO)CCC(N2CCC(c3ccc(F)cc3)CC2)C1. The van der Waals surface area contributed by atoms with Gasteiger partial charge in [-0.2, -0.15) is 0 Å².